The van der Waals surface area contributed by atoms with E-state index < -0.39 is 15.7 Å². The van der Waals surface area contributed by atoms with Gasteiger partial charge in [0, 0.05) is 39.9 Å². The van der Waals surface area contributed by atoms with E-state index in [2.05, 4.69) is 14.7 Å². The number of rotatable bonds is 5. The number of aryl methyl sites for hydroxylation is 1. The standard InChI is InChI=1S/C20H18ClN5O3S2/c1-11-8-14(13(3)26(11)17-7-5-6-16(21)12(17)2)9-15(10-22)18(27)23-19-24-20(25-30-19)31(4,28)29/h5-9H,1-4H3,(H,23,24,25,27)/b15-9-. The molecule has 0 unspecified atom stereocenters. The minimum atomic E-state index is -3.59. The maximum Gasteiger partial charge on any atom is 0.268 e. The summed E-state index contributed by atoms with van der Waals surface area (Å²) in [5.74, 6) is -0.706. The summed E-state index contributed by atoms with van der Waals surface area (Å²) in [4.78, 5) is 16.3. The number of hydrogen-bond acceptors (Lipinski definition) is 7. The molecule has 1 N–H and O–H groups in total. The monoisotopic (exact) mass is 475 g/mol. The molecule has 2 aromatic heterocycles. The first-order chi connectivity index (χ1) is 14.5. The molecule has 31 heavy (non-hydrogen) atoms. The van der Waals surface area contributed by atoms with E-state index in [1.807, 2.05) is 55.7 Å². The van der Waals surface area contributed by atoms with Crippen molar-refractivity contribution in [3.05, 3.63) is 57.4 Å². The van der Waals surface area contributed by atoms with Crippen LogP contribution in [0.2, 0.25) is 5.02 Å². The van der Waals surface area contributed by atoms with Crippen LogP contribution in [-0.2, 0) is 14.6 Å². The number of nitriles is 1. The highest BCUT2D eigenvalue weighted by molar-refractivity contribution is 7.90. The van der Waals surface area contributed by atoms with Crippen LogP contribution in [0.5, 0.6) is 0 Å². The summed E-state index contributed by atoms with van der Waals surface area (Å²) in [6.45, 7) is 5.73. The number of amides is 1. The molecule has 3 rings (SSSR count). The van der Waals surface area contributed by atoms with Crippen LogP contribution in [0.15, 0.2) is 35.0 Å². The number of carbonyl (C=O) groups excluding carboxylic acids is 1. The molecule has 0 radical (unpaired) electrons. The number of sulfone groups is 1. The number of halogens is 1. The summed E-state index contributed by atoms with van der Waals surface area (Å²) in [5.41, 5.74) is 4.11. The van der Waals surface area contributed by atoms with Gasteiger partial charge in [0.25, 0.3) is 11.1 Å². The Morgan fingerprint density at radius 2 is 2.03 bits per heavy atom. The van der Waals surface area contributed by atoms with Gasteiger partial charge in [0.05, 0.1) is 0 Å². The Kier molecular flexibility index (Phi) is 6.31. The van der Waals surface area contributed by atoms with E-state index >= 15 is 0 Å². The molecule has 0 saturated heterocycles. The van der Waals surface area contributed by atoms with Crippen LogP contribution in [0.4, 0.5) is 5.13 Å². The molecule has 8 nitrogen and oxygen atoms in total. The van der Waals surface area contributed by atoms with E-state index in [4.69, 9.17) is 11.6 Å². The zero-order valence-electron chi connectivity index (χ0n) is 17.1. The van der Waals surface area contributed by atoms with Crippen LogP contribution in [0.25, 0.3) is 11.8 Å². The molecule has 1 amide bonds. The Bertz CT molecular complexity index is 1360. The van der Waals surface area contributed by atoms with Gasteiger partial charge in [0.1, 0.15) is 11.6 Å². The van der Waals surface area contributed by atoms with Crippen molar-refractivity contribution in [3.63, 3.8) is 0 Å². The van der Waals surface area contributed by atoms with Crippen LogP contribution < -0.4 is 5.32 Å². The number of carbonyl (C=O) groups is 1. The molecule has 1 aromatic carbocycles. The maximum absolute atomic E-state index is 12.5. The second-order valence-corrected chi connectivity index (χ2v) is 9.89. The van der Waals surface area contributed by atoms with Gasteiger partial charge in [-0.1, -0.05) is 17.7 Å². The molecular weight excluding hydrogens is 458 g/mol. The number of aromatic nitrogens is 3. The summed E-state index contributed by atoms with van der Waals surface area (Å²) < 4.78 is 28.7. The average molecular weight is 476 g/mol. The summed E-state index contributed by atoms with van der Waals surface area (Å²) in [7, 11) is -3.59. The van der Waals surface area contributed by atoms with Crippen molar-refractivity contribution in [3.8, 4) is 11.8 Å². The lowest BCUT2D eigenvalue weighted by Gasteiger charge is -2.13. The van der Waals surface area contributed by atoms with Crippen LogP contribution in [0, 0.1) is 32.1 Å². The highest BCUT2D eigenvalue weighted by atomic mass is 35.5. The van der Waals surface area contributed by atoms with E-state index in [1.165, 1.54) is 6.08 Å². The molecule has 0 aliphatic rings. The van der Waals surface area contributed by atoms with Gasteiger partial charge in [-0.15, -0.1) is 0 Å². The van der Waals surface area contributed by atoms with Crippen LogP contribution >= 0.6 is 23.1 Å². The van der Waals surface area contributed by atoms with Crippen molar-refractivity contribution in [2.24, 2.45) is 0 Å². The lowest BCUT2D eigenvalue weighted by Crippen LogP contribution is -2.13. The van der Waals surface area contributed by atoms with Gasteiger partial charge >= 0.3 is 0 Å². The van der Waals surface area contributed by atoms with Gasteiger partial charge < -0.3 is 4.57 Å². The fourth-order valence-corrected chi connectivity index (χ4v) is 4.63. The lowest BCUT2D eigenvalue weighted by molar-refractivity contribution is -0.112. The largest absolute Gasteiger partial charge is 0.318 e. The predicted octanol–water partition coefficient (Wildman–Crippen LogP) is 3.86. The van der Waals surface area contributed by atoms with E-state index in [0.717, 1.165) is 40.4 Å². The summed E-state index contributed by atoms with van der Waals surface area (Å²) in [6, 6.07) is 9.37. The third kappa shape index (κ3) is 4.69. The van der Waals surface area contributed by atoms with E-state index in [0.29, 0.717) is 10.6 Å². The van der Waals surface area contributed by atoms with Gasteiger partial charge in [-0.2, -0.15) is 14.6 Å². The number of anilines is 1. The molecular formula is C20H18ClN5O3S2. The average Bonchev–Trinajstić information content (AvgIpc) is 3.27. The van der Waals surface area contributed by atoms with Crippen LogP contribution in [-0.4, -0.2) is 34.5 Å². The predicted molar refractivity (Wildman–Crippen MR) is 120 cm³/mol. The summed E-state index contributed by atoms with van der Waals surface area (Å²) >= 11 is 6.98. The topological polar surface area (TPSA) is 118 Å². The van der Waals surface area contributed by atoms with E-state index in [9.17, 15) is 18.5 Å². The fourth-order valence-electron chi connectivity index (χ4n) is 3.02. The van der Waals surface area contributed by atoms with Crippen molar-refractivity contribution in [2.45, 2.75) is 25.9 Å². The van der Waals surface area contributed by atoms with Crippen molar-refractivity contribution < 1.29 is 13.2 Å². The second kappa shape index (κ2) is 8.63. The molecule has 0 saturated carbocycles. The SMILES string of the molecule is Cc1c(Cl)cccc1-n1c(C)cc(/C=C(/C#N)C(=O)Nc2nc(S(C)(=O)=O)ns2)c1C. The molecule has 0 aliphatic carbocycles. The van der Waals surface area contributed by atoms with Crippen molar-refractivity contribution in [1.82, 2.24) is 13.9 Å². The Morgan fingerprint density at radius 3 is 2.65 bits per heavy atom. The van der Waals surface area contributed by atoms with Crippen molar-refractivity contribution in [2.75, 3.05) is 11.6 Å². The molecule has 3 aromatic rings. The quantitative estimate of drug-likeness (QED) is 0.442. The Morgan fingerprint density at radius 1 is 1.32 bits per heavy atom. The minimum absolute atomic E-state index is 0.00778. The minimum Gasteiger partial charge on any atom is -0.318 e. The smallest absolute Gasteiger partial charge is 0.268 e. The summed E-state index contributed by atoms with van der Waals surface area (Å²) in [6.07, 6.45) is 2.45. The van der Waals surface area contributed by atoms with Crippen LogP contribution in [0.1, 0.15) is 22.5 Å². The summed E-state index contributed by atoms with van der Waals surface area (Å²) in [5, 5.41) is 12.2. The van der Waals surface area contributed by atoms with Gasteiger partial charge in [0.2, 0.25) is 15.0 Å². The van der Waals surface area contributed by atoms with Crippen molar-refractivity contribution in [1.29, 1.82) is 5.26 Å². The van der Waals surface area contributed by atoms with E-state index in [-0.39, 0.29) is 15.9 Å². The number of hydrogen-bond donors (Lipinski definition) is 1. The first kappa shape index (κ1) is 22.7. The number of nitrogens with zero attached hydrogens (tertiary/aromatic N) is 4. The van der Waals surface area contributed by atoms with Gasteiger partial charge in [-0.25, -0.2) is 8.42 Å². The molecule has 0 aliphatic heterocycles. The van der Waals surface area contributed by atoms with Crippen molar-refractivity contribution >= 4 is 50.1 Å². The van der Waals surface area contributed by atoms with Gasteiger partial charge in [0.15, 0.2) is 0 Å². The number of benzene rings is 1. The Balaban J connectivity index is 1.94. The Labute approximate surface area is 188 Å². The molecule has 0 atom stereocenters. The fraction of sp³-hybridized carbons (Fsp3) is 0.200. The maximum atomic E-state index is 12.5. The highest BCUT2D eigenvalue weighted by Gasteiger charge is 2.19. The van der Waals surface area contributed by atoms with Crippen LogP contribution in [0.3, 0.4) is 0 Å². The molecule has 0 fully saturated rings. The second-order valence-electron chi connectivity index (χ2n) is 6.82. The zero-order chi connectivity index (χ0) is 22.9. The van der Waals surface area contributed by atoms with Gasteiger partial charge in [-0.05, 0) is 56.2 Å². The molecule has 0 spiro atoms. The van der Waals surface area contributed by atoms with E-state index in [1.54, 1.807) is 0 Å². The number of nitrogens with one attached hydrogen (secondary N) is 1. The first-order valence-electron chi connectivity index (χ1n) is 8.94. The third-order valence-corrected chi connectivity index (χ3v) is 6.58. The normalized spacial score (nSPS) is 11.9. The third-order valence-electron chi connectivity index (χ3n) is 4.57. The highest BCUT2D eigenvalue weighted by Crippen LogP contribution is 2.28. The zero-order valence-corrected chi connectivity index (χ0v) is 19.5. The molecule has 2 heterocycles. The molecule has 11 heteroatoms. The lowest BCUT2D eigenvalue weighted by atomic mass is 10.1. The molecule has 160 valence electrons. The molecule has 0 bridgehead atoms. The Hall–Kier alpha value is -3.00. The first-order valence-corrected chi connectivity index (χ1v) is 12.0. The van der Waals surface area contributed by atoms with Gasteiger partial charge in [-0.3, -0.25) is 10.1 Å².